The molecule has 0 atom stereocenters. The Morgan fingerprint density at radius 3 is 1.92 bits per heavy atom. The molecule has 0 saturated carbocycles. The summed E-state index contributed by atoms with van der Waals surface area (Å²) in [4.78, 5) is 10.2. The molecule has 0 unspecified atom stereocenters. The van der Waals surface area contributed by atoms with Gasteiger partial charge in [-0.15, -0.1) is 0 Å². The molecule has 1 aliphatic carbocycles. The Morgan fingerprint density at radius 2 is 1.04 bits per heavy atom. The number of rotatable bonds is 3. The van der Waals surface area contributed by atoms with Crippen LogP contribution in [-0.4, -0.2) is 9.97 Å². The van der Waals surface area contributed by atoms with E-state index in [2.05, 4.69) is 172 Å². The molecule has 53 heavy (non-hydrogen) atoms. The molecule has 2 heterocycles. The third-order valence-electron chi connectivity index (χ3n) is 11.7. The smallest absolute Gasteiger partial charge is 0.0972 e. The minimum Gasteiger partial charge on any atom is -0.254 e. The van der Waals surface area contributed by atoms with Crippen LogP contribution in [0.2, 0.25) is 0 Å². The van der Waals surface area contributed by atoms with Crippen LogP contribution in [-0.2, 0) is 5.41 Å². The van der Waals surface area contributed by atoms with Crippen LogP contribution in [0.4, 0.5) is 0 Å². The summed E-state index contributed by atoms with van der Waals surface area (Å²) in [5, 5.41) is 9.48. The first-order valence-electron chi connectivity index (χ1n) is 18.4. The molecule has 0 saturated heterocycles. The lowest BCUT2D eigenvalue weighted by Crippen LogP contribution is -2.14. The Bertz CT molecular complexity index is 3150. The van der Waals surface area contributed by atoms with E-state index in [1.807, 2.05) is 12.3 Å². The molecule has 0 bridgehead atoms. The molecule has 1 aliphatic rings. The van der Waals surface area contributed by atoms with Gasteiger partial charge in [0.2, 0.25) is 0 Å². The Labute approximate surface area is 308 Å². The summed E-state index contributed by atoms with van der Waals surface area (Å²) < 4.78 is 0. The normalized spacial score (nSPS) is 13.2. The van der Waals surface area contributed by atoms with Crippen molar-refractivity contribution in [2.45, 2.75) is 19.3 Å². The van der Waals surface area contributed by atoms with E-state index in [0.717, 1.165) is 33.1 Å². The van der Waals surface area contributed by atoms with Crippen LogP contribution in [0.15, 0.2) is 170 Å². The van der Waals surface area contributed by atoms with Gasteiger partial charge in [0, 0.05) is 27.9 Å². The largest absolute Gasteiger partial charge is 0.254 e. The molecule has 0 fully saturated rings. The molecule has 0 aliphatic heterocycles. The minimum absolute atomic E-state index is 0.0548. The van der Waals surface area contributed by atoms with E-state index >= 15 is 0 Å². The highest BCUT2D eigenvalue weighted by Crippen LogP contribution is 2.51. The van der Waals surface area contributed by atoms with Crippen molar-refractivity contribution >= 4 is 54.1 Å². The van der Waals surface area contributed by atoms with Crippen molar-refractivity contribution in [1.29, 1.82) is 0 Å². The van der Waals surface area contributed by atoms with Gasteiger partial charge in [-0.1, -0.05) is 153 Å². The van der Waals surface area contributed by atoms with Crippen LogP contribution < -0.4 is 0 Å². The van der Waals surface area contributed by atoms with Gasteiger partial charge < -0.3 is 0 Å². The zero-order valence-corrected chi connectivity index (χ0v) is 29.6. The molecular weight excluding hydrogens is 641 g/mol. The van der Waals surface area contributed by atoms with Gasteiger partial charge in [0.05, 0.1) is 16.7 Å². The number of hydrogen-bond donors (Lipinski definition) is 0. The summed E-state index contributed by atoms with van der Waals surface area (Å²) in [7, 11) is 0. The van der Waals surface area contributed by atoms with Crippen LogP contribution >= 0.6 is 0 Å². The molecule has 11 rings (SSSR count). The van der Waals surface area contributed by atoms with Gasteiger partial charge in [-0.2, -0.15) is 0 Å². The van der Waals surface area contributed by atoms with Crippen molar-refractivity contribution in [1.82, 2.24) is 9.97 Å². The number of hydrogen-bond acceptors (Lipinski definition) is 2. The van der Waals surface area contributed by atoms with E-state index in [1.165, 1.54) is 76.8 Å². The lowest BCUT2D eigenvalue weighted by atomic mass is 9.81. The van der Waals surface area contributed by atoms with Gasteiger partial charge in [-0.05, 0) is 101 Å². The van der Waals surface area contributed by atoms with Crippen LogP contribution in [0.25, 0.3) is 98.8 Å². The summed E-state index contributed by atoms with van der Waals surface area (Å²) in [6.45, 7) is 4.70. The maximum absolute atomic E-state index is 5.42. The predicted octanol–water partition coefficient (Wildman–Crippen LogP) is 13.5. The lowest BCUT2D eigenvalue weighted by molar-refractivity contribution is 0.660. The standard InChI is InChI=1S/C51H34N2/c1-51(2)44-19-8-7-15-38(44)42-30-35(23-26-45(42)51)47-39-16-5-6-17-40(39)48(46-27-24-33-21-20-32-13-10-28-52-49(32)50(33)53-46)41-25-22-34(29-43(41)47)37-18-9-12-31-11-3-4-14-36(31)37/h3-30H,1-2H3. The van der Waals surface area contributed by atoms with Gasteiger partial charge in [0.1, 0.15) is 0 Å². The van der Waals surface area contributed by atoms with Crippen LogP contribution in [0.5, 0.6) is 0 Å². The summed E-state index contributed by atoms with van der Waals surface area (Å²) in [6, 6.07) is 60.1. The number of nitrogens with zero attached hydrogens (tertiary/aromatic N) is 2. The van der Waals surface area contributed by atoms with E-state index in [1.54, 1.807) is 0 Å². The van der Waals surface area contributed by atoms with Gasteiger partial charge in [0.25, 0.3) is 0 Å². The Balaban J connectivity index is 1.25. The zero-order chi connectivity index (χ0) is 35.3. The van der Waals surface area contributed by atoms with Crippen LogP contribution in [0.1, 0.15) is 25.0 Å². The molecule has 0 N–H and O–H groups in total. The Hall–Kier alpha value is -6.64. The minimum atomic E-state index is -0.0548. The first kappa shape index (κ1) is 30.0. The highest BCUT2D eigenvalue weighted by atomic mass is 14.8. The fourth-order valence-electron chi connectivity index (χ4n) is 9.15. The molecule has 248 valence electrons. The summed E-state index contributed by atoms with van der Waals surface area (Å²) in [5.41, 5.74) is 14.2. The second kappa shape index (κ2) is 11.2. The molecule has 0 spiro atoms. The monoisotopic (exact) mass is 674 g/mol. The molecule has 2 nitrogen and oxygen atoms in total. The maximum atomic E-state index is 5.42. The fraction of sp³-hybridized carbons (Fsp3) is 0.0588. The number of aromatic nitrogens is 2. The lowest BCUT2D eigenvalue weighted by Gasteiger charge is -2.22. The molecule has 2 aromatic heterocycles. The molecule has 10 aromatic rings. The molecule has 0 radical (unpaired) electrons. The number of fused-ring (bicyclic) bond motifs is 9. The van der Waals surface area contributed by atoms with E-state index in [0.29, 0.717) is 0 Å². The molecular formula is C51H34N2. The van der Waals surface area contributed by atoms with Gasteiger partial charge in [-0.25, -0.2) is 4.98 Å². The van der Waals surface area contributed by atoms with Crippen molar-refractivity contribution in [3.8, 4) is 44.6 Å². The maximum Gasteiger partial charge on any atom is 0.0972 e. The van der Waals surface area contributed by atoms with Gasteiger partial charge in [0.15, 0.2) is 0 Å². The van der Waals surface area contributed by atoms with Gasteiger partial charge in [-0.3, -0.25) is 4.98 Å². The average Bonchev–Trinajstić information content (AvgIpc) is 3.44. The van der Waals surface area contributed by atoms with E-state index in [4.69, 9.17) is 9.97 Å². The van der Waals surface area contributed by atoms with E-state index in [9.17, 15) is 0 Å². The SMILES string of the molecule is CC1(C)c2ccccc2-c2cc(-c3c4ccccc4c(-c4ccc5ccc6cccnc6c5n4)c4ccc(-c5cccc6ccccc56)cc34)ccc21. The summed E-state index contributed by atoms with van der Waals surface area (Å²) >= 11 is 0. The van der Waals surface area contributed by atoms with Crippen molar-refractivity contribution in [2.24, 2.45) is 0 Å². The number of pyridine rings is 2. The van der Waals surface area contributed by atoms with Gasteiger partial charge >= 0.3 is 0 Å². The fourth-order valence-corrected chi connectivity index (χ4v) is 9.15. The molecule has 0 amide bonds. The third kappa shape index (κ3) is 4.39. The summed E-state index contributed by atoms with van der Waals surface area (Å²) in [5.74, 6) is 0. The zero-order valence-electron chi connectivity index (χ0n) is 29.6. The highest BCUT2D eigenvalue weighted by molar-refractivity contribution is 6.22. The molecule has 8 aromatic carbocycles. The Morgan fingerprint density at radius 1 is 0.396 bits per heavy atom. The van der Waals surface area contributed by atoms with E-state index in [-0.39, 0.29) is 5.41 Å². The summed E-state index contributed by atoms with van der Waals surface area (Å²) in [6.07, 6.45) is 1.86. The second-order valence-corrected chi connectivity index (χ2v) is 14.9. The molecule has 2 heteroatoms. The van der Waals surface area contributed by atoms with Crippen molar-refractivity contribution < 1.29 is 0 Å². The predicted molar refractivity (Wildman–Crippen MR) is 223 cm³/mol. The van der Waals surface area contributed by atoms with Crippen LogP contribution in [0.3, 0.4) is 0 Å². The van der Waals surface area contributed by atoms with Crippen molar-refractivity contribution in [2.75, 3.05) is 0 Å². The average molecular weight is 675 g/mol. The highest BCUT2D eigenvalue weighted by Gasteiger charge is 2.35. The van der Waals surface area contributed by atoms with Crippen molar-refractivity contribution in [3.05, 3.63) is 181 Å². The topological polar surface area (TPSA) is 25.8 Å². The first-order chi connectivity index (χ1) is 26.0. The quantitative estimate of drug-likeness (QED) is 0.138. The first-order valence-corrected chi connectivity index (χ1v) is 18.4. The third-order valence-corrected chi connectivity index (χ3v) is 11.7. The Kier molecular flexibility index (Phi) is 6.33. The second-order valence-electron chi connectivity index (χ2n) is 14.9. The van der Waals surface area contributed by atoms with Crippen molar-refractivity contribution in [3.63, 3.8) is 0 Å². The van der Waals surface area contributed by atoms with Crippen LogP contribution in [0, 0.1) is 0 Å². The number of benzene rings is 8. The van der Waals surface area contributed by atoms with E-state index < -0.39 is 0 Å².